The van der Waals surface area contributed by atoms with Gasteiger partial charge in [0.2, 0.25) is 0 Å². The molecular weight excluding hydrogens is 192 g/mol. The molecule has 1 rings (SSSR count). The van der Waals surface area contributed by atoms with Crippen molar-refractivity contribution in [1.29, 1.82) is 0 Å². The van der Waals surface area contributed by atoms with Gasteiger partial charge in [0, 0.05) is 5.75 Å². The topological polar surface area (TPSA) is 105 Å². The number of hydrogen-bond donors (Lipinski definition) is 3. The molecule has 72 valence electrons. The van der Waals surface area contributed by atoms with E-state index < -0.39 is 11.5 Å². The lowest BCUT2D eigenvalue weighted by atomic mass is 10.1. The summed E-state index contributed by atoms with van der Waals surface area (Å²) in [6.45, 7) is 1.46. The minimum atomic E-state index is -1.24. The van der Waals surface area contributed by atoms with Gasteiger partial charge in [0.25, 0.3) is 0 Å². The molecule has 0 bridgehead atoms. The number of nitrogens with zero attached hydrogens (tertiary/aromatic N) is 2. The van der Waals surface area contributed by atoms with Crippen LogP contribution in [0.3, 0.4) is 0 Å². The molecule has 4 N–H and O–H groups in total. The first-order chi connectivity index (χ1) is 6.02. The fourth-order valence-electron chi connectivity index (χ4n) is 0.544. The molecule has 0 radical (unpaired) electrons. The largest absolute Gasteiger partial charge is 0.480 e. The van der Waals surface area contributed by atoms with Crippen LogP contribution in [0.4, 0.5) is 0 Å². The zero-order valence-corrected chi connectivity index (χ0v) is 7.84. The molecule has 0 saturated carbocycles. The van der Waals surface area contributed by atoms with Crippen LogP contribution < -0.4 is 5.73 Å². The maximum atomic E-state index is 10.6. The van der Waals surface area contributed by atoms with Gasteiger partial charge < -0.3 is 10.8 Å². The van der Waals surface area contributed by atoms with Crippen LogP contribution in [-0.4, -0.2) is 37.5 Å². The van der Waals surface area contributed by atoms with Gasteiger partial charge >= 0.3 is 5.97 Å². The predicted molar refractivity (Wildman–Crippen MR) is 47.3 cm³/mol. The molecule has 0 spiro atoms. The molecule has 1 unspecified atom stereocenters. The number of aromatic nitrogens is 3. The van der Waals surface area contributed by atoms with Gasteiger partial charge in [-0.2, -0.15) is 5.10 Å². The number of carbonyl (C=O) groups is 1. The van der Waals surface area contributed by atoms with Crippen LogP contribution in [0.25, 0.3) is 0 Å². The number of hydrogen-bond acceptors (Lipinski definition) is 5. The Bertz CT molecular complexity index is 285. The highest BCUT2D eigenvalue weighted by molar-refractivity contribution is 7.99. The summed E-state index contributed by atoms with van der Waals surface area (Å²) in [6.07, 6.45) is 1.36. The van der Waals surface area contributed by atoms with Crippen molar-refractivity contribution in [3.63, 3.8) is 0 Å². The highest BCUT2D eigenvalue weighted by Crippen LogP contribution is 2.16. The normalized spacial score (nSPS) is 15.2. The molecule has 1 aromatic rings. The lowest BCUT2D eigenvalue weighted by Crippen LogP contribution is -2.47. The highest BCUT2D eigenvalue weighted by atomic mass is 32.2. The van der Waals surface area contributed by atoms with Crippen molar-refractivity contribution in [3.8, 4) is 0 Å². The van der Waals surface area contributed by atoms with Gasteiger partial charge in [-0.05, 0) is 6.92 Å². The van der Waals surface area contributed by atoms with E-state index in [9.17, 15) is 4.79 Å². The smallest absolute Gasteiger partial charge is 0.324 e. The second-order valence-corrected chi connectivity index (χ2v) is 3.77. The molecule has 13 heavy (non-hydrogen) atoms. The van der Waals surface area contributed by atoms with Gasteiger partial charge in [0.1, 0.15) is 11.9 Å². The molecule has 1 atom stereocenters. The molecular formula is C6H10N4O2S. The summed E-state index contributed by atoms with van der Waals surface area (Å²) < 4.78 is 0. The lowest BCUT2D eigenvalue weighted by molar-refractivity contribution is -0.141. The van der Waals surface area contributed by atoms with E-state index >= 15 is 0 Å². The van der Waals surface area contributed by atoms with Crippen molar-refractivity contribution < 1.29 is 9.90 Å². The van der Waals surface area contributed by atoms with Crippen LogP contribution in [0, 0.1) is 0 Å². The average molecular weight is 202 g/mol. The minimum Gasteiger partial charge on any atom is -0.480 e. The standard InChI is InChI=1S/C6H10N4O2S/c1-6(7,4(11)12)2-13-5-8-3-9-10-5/h3H,2,7H2,1H3,(H,11,12)(H,8,9,10). The first-order valence-corrected chi connectivity index (χ1v) is 4.51. The SMILES string of the molecule is CC(N)(CSc1ncn[nH]1)C(=O)O. The summed E-state index contributed by atoms with van der Waals surface area (Å²) in [5, 5.41) is 15.5. The Kier molecular flexibility index (Phi) is 2.89. The fraction of sp³-hybridized carbons (Fsp3) is 0.500. The van der Waals surface area contributed by atoms with Crippen LogP contribution in [0.15, 0.2) is 11.5 Å². The first kappa shape index (κ1) is 10.0. The number of H-pyrrole nitrogens is 1. The Morgan fingerprint density at radius 1 is 1.92 bits per heavy atom. The van der Waals surface area contributed by atoms with Gasteiger partial charge in [-0.25, -0.2) is 4.98 Å². The van der Waals surface area contributed by atoms with Crippen molar-refractivity contribution in [2.45, 2.75) is 17.6 Å². The van der Waals surface area contributed by atoms with E-state index in [0.717, 1.165) is 0 Å². The molecule has 7 heteroatoms. The van der Waals surface area contributed by atoms with Gasteiger partial charge in [0.05, 0.1) is 0 Å². The van der Waals surface area contributed by atoms with E-state index in [0.29, 0.717) is 5.16 Å². The van der Waals surface area contributed by atoms with Crippen molar-refractivity contribution in [2.24, 2.45) is 5.73 Å². The molecule has 0 amide bonds. The second-order valence-electron chi connectivity index (χ2n) is 2.80. The third-order valence-corrected chi connectivity index (χ3v) is 2.60. The zero-order valence-electron chi connectivity index (χ0n) is 7.02. The molecule has 1 aromatic heterocycles. The van der Waals surface area contributed by atoms with Crippen LogP contribution in [0.1, 0.15) is 6.92 Å². The molecule has 0 aromatic carbocycles. The Labute approximate surface area is 78.9 Å². The van der Waals surface area contributed by atoms with Crippen LogP contribution >= 0.6 is 11.8 Å². The van der Waals surface area contributed by atoms with E-state index in [1.807, 2.05) is 0 Å². The average Bonchev–Trinajstić information content (AvgIpc) is 2.52. The summed E-state index contributed by atoms with van der Waals surface area (Å²) in [7, 11) is 0. The molecule has 0 aliphatic carbocycles. The fourth-order valence-corrected chi connectivity index (χ4v) is 1.34. The Morgan fingerprint density at radius 2 is 2.62 bits per heavy atom. The van der Waals surface area contributed by atoms with Crippen LogP contribution in [0.5, 0.6) is 0 Å². The first-order valence-electron chi connectivity index (χ1n) is 3.53. The number of carboxylic acid groups (broad SMARTS) is 1. The molecule has 0 fully saturated rings. The third-order valence-electron chi connectivity index (χ3n) is 1.39. The number of aliphatic carboxylic acids is 1. The number of thioether (sulfide) groups is 1. The third kappa shape index (κ3) is 2.71. The maximum absolute atomic E-state index is 10.6. The highest BCUT2D eigenvalue weighted by Gasteiger charge is 2.28. The van der Waals surface area contributed by atoms with E-state index in [1.54, 1.807) is 0 Å². The van der Waals surface area contributed by atoms with Crippen LogP contribution in [-0.2, 0) is 4.79 Å². The number of rotatable bonds is 4. The van der Waals surface area contributed by atoms with E-state index in [2.05, 4.69) is 15.2 Å². The number of aromatic amines is 1. The summed E-state index contributed by atoms with van der Waals surface area (Å²) in [6, 6.07) is 0. The molecule has 1 heterocycles. The summed E-state index contributed by atoms with van der Waals surface area (Å²) in [5.74, 6) is -0.781. The summed E-state index contributed by atoms with van der Waals surface area (Å²) in [4.78, 5) is 14.4. The molecule has 6 nitrogen and oxygen atoms in total. The number of nitrogens with two attached hydrogens (primary N) is 1. The van der Waals surface area contributed by atoms with Crippen molar-refractivity contribution >= 4 is 17.7 Å². The maximum Gasteiger partial charge on any atom is 0.324 e. The van der Waals surface area contributed by atoms with Gasteiger partial charge in [0.15, 0.2) is 5.16 Å². The van der Waals surface area contributed by atoms with Crippen molar-refractivity contribution in [1.82, 2.24) is 15.2 Å². The quantitative estimate of drug-likeness (QED) is 0.579. The Hall–Kier alpha value is -1.08. The van der Waals surface area contributed by atoms with Gasteiger partial charge in [-0.3, -0.25) is 9.89 Å². The second kappa shape index (κ2) is 3.75. The van der Waals surface area contributed by atoms with Gasteiger partial charge in [-0.15, -0.1) is 0 Å². The molecule has 0 aliphatic rings. The summed E-state index contributed by atoms with van der Waals surface area (Å²) >= 11 is 1.23. The predicted octanol–water partition coefficient (Wildman–Crippen LogP) is -0.301. The zero-order chi connectivity index (χ0) is 9.90. The van der Waals surface area contributed by atoms with E-state index in [1.165, 1.54) is 25.0 Å². The number of carboxylic acids is 1. The molecule has 0 aliphatic heterocycles. The Morgan fingerprint density at radius 3 is 3.08 bits per heavy atom. The van der Waals surface area contributed by atoms with E-state index in [-0.39, 0.29) is 5.75 Å². The minimum absolute atomic E-state index is 0.248. The molecule has 0 saturated heterocycles. The van der Waals surface area contributed by atoms with E-state index in [4.69, 9.17) is 10.8 Å². The lowest BCUT2D eigenvalue weighted by Gasteiger charge is -2.16. The van der Waals surface area contributed by atoms with Crippen molar-refractivity contribution in [3.05, 3.63) is 6.33 Å². The monoisotopic (exact) mass is 202 g/mol. The summed E-state index contributed by atoms with van der Waals surface area (Å²) in [5.41, 5.74) is 4.26. The van der Waals surface area contributed by atoms with Gasteiger partial charge in [-0.1, -0.05) is 11.8 Å². The van der Waals surface area contributed by atoms with Crippen LogP contribution in [0.2, 0.25) is 0 Å². The Balaban J connectivity index is 2.47. The van der Waals surface area contributed by atoms with Crippen molar-refractivity contribution in [2.75, 3.05) is 5.75 Å². The number of nitrogens with one attached hydrogen (secondary N) is 1.